The van der Waals surface area contributed by atoms with Crippen LogP contribution in [0.2, 0.25) is 0 Å². The van der Waals surface area contributed by atoms with Gasteiger partial charge in [-0.15, -0.1) is 0 Å². The second kappa shape index (κ2) is 3.66. The lowest BCUT2D eigenvalue weighted by molar-refractivity contribution is -0.132. The second-order valence-corrected chi connectivity index (χ2v) is 4.36. The van der Waals surface area contributed by atoms with Crippen molar-refractivity contribution < 1.29 is 4.79 Å². The van der Waals surface area contributed by atoms with Crippen LogP contribution in [0.1, 0.15) is 19.8 Å². The third-order valence-corrected chi connectivity index (χ3v) is 3.08. The van der Waals surface area contributed by atoms with Crippen molar-refractivity contribution >= 4 is 5.91 Å². The molecule has 0 N–H and O–H groups in total. The molecule has 0 spiro atoms. The van der Waals surface area contributed by atoms with Gasteiger partial charge >= 0.3 is 0 Å². The van der Waals surface area contributed by atoms with Gasteiger partial charge in [0.1, 0.15) is 0 Å². The summed E-state index contributed by atoms with van der Waals surface area (Å²) in [5.41, 5.74) is 0. The van der Waals surface area contributed by atoms with Gasteiger partial charge in [0.05, 0.1) is 6.54 Å². The number of carbonyl (C=O) groups excluding carboxylic acids is 1. The zero-order chi connectivity index (χ0) is 9.26. The van der Waals surface area contributed by atoms with Crippen LogP contribution in [0.5, 0.6) is 0 Å². The van der Waals surface area contributed by atoms with Gasteiger partial charge < -0.3 is 4.90 Å². The summed E-state index contributed by atoms with van der Waals surface area (Å²) in [5, 5.41) is 0. The van der Waals surface area contributed by atoms with E-state index in [1.807, 2.05) is 4.90 Å². The Bertz CT molecular complexity index is 201. The van der Waals surface area contributed by atoms with Gasteiger partial charge in [-0.2, -0.15) is 0 Å². The maximum atomic E-state index is 11.7. The normalized spacial score (nSPS) is 29.0. The van der Waals surface area contributed by atoms with Gasteiger partial charge in [-0.05, 0) is 31.8 Å². The van der Waals surface area contributed by atoms with E-state index in [-0.39, 0.29) is 0 Å². The van der Waals surface area contributed by atoms with Crippen LogP contribution in [0.15, 0.2) is 0 Å². The van der Waals surface area contributed by atoms with E-state index < -0.39 is 0 Å². The predicted octanol–water partition coefficient (Wildman–Crippen LogP) is 0.560. The molecule has 0 aromatic heterocycles. The number of rotatable bonds is 2. The molecule has 0 aliphatic carbocycles. The molecule has 2 rings (SSSR count). The lowest BCUT2D eigenvalue weighted by Gasteiger charge is -2.31. The molecule has 0 aromatic rings. The number of hydrogen-bond acceptors (Lipinski definition) is 2. The number of nitrogens with zero attached hydrogens (tertiary/aromatic N) is 2. The Labute approximate surface area is 79.7 Å². The van der Waals surface area contributed by atoms with Crippen molar-refractivity contribution in [3.63, 3.8) is 0 Å². The fourth-order valence-corrected chi connectivity index (χ4v) is 1.99. The zero-order valence-corrected chi connectivity index (χ0v) is 8.33. The van der Waals surface area contributed by atoms with Crippen LogP contribution in [-0.2, 0) is 4.79 Å². The third kappa shape index (κ3) is 2.02. The summed E-state index contributed by atoms with van der Waals surface area (Å²) in [5.74, 6) is 1.05. The summed E-state index contributed by atoms with van der Waals surface area (Å²) in [7, 11) is 0. The quantitative estimate of drug-likeness (QED) is 0.623. The number of hydrogen-bond donors (Lipinski definition) is 0. The second-order valence-electron chi connectivity index (χ2n) is 4.36. The van der Waals surface area contributed by atoms with Crippen LogP contribution in [0.25, 0.3) is 0 Å². The van der Waals surface area contributed by atoms with Crippen molar-refractivity contribution in [2.24, 2.45) is 5.92 Å². The van der Waals surface area contributed by atoms with Gasteiger partial charge in [0.2, 0.25) is 5.91 Å². The SMILES string of the molecule is CC1CCN(C(=O)CN2CCC2)C1. The first-order valence-corrected chi connectivity index (χ1v) is 5.26. The van der Waals surface area contributed by atoms with E-state index in [1.165, 1.54) is 12.8 Å². The minimum Gasteiger partial charge on any atom is -0.341 e. The average Bonchev–Trinajstić information content (AvgIpc) is 2.44. The molecule has 3 nitrogen and oxygen atoms in total. The van der Waals surface area contributed by atoms with Crippen LogP contribution < -0.4 is 0 Å². The summed E-state index contributed by atoms with van der Waals surface area (Å²) in [6.45, 7) is 7.08. The molecule has 1 atom stereocenters. The lowest BCUT2D eigenvalue weighted by Crippen LogP contribution is -2.45. The van der Waals surface area contributed by atoms with Gasteiger partial charge in [0.15, 0.2) is 0 Å². The predicted molar refractivity (Wildman–Crippen MR) is 51.4 cm³/mol. The molecule has 2 heterocycles. The highest BCUT2D eigenvalue weighted by molar-refractivity contribution is 5.78. The molecule has 1 amide bonds. The Kier molecular flexibility index (Phi) is 2.54. The Balaban J connectivity index is 1.76. The largest absolute Gasteiger partial charge is 0.341 e. The molecule has 2 aliphatic heterocycles. The third-order valence-electron chi connectivity index (χ3n) is 3.08. The first kappa shape index (κ1) is 9.00. The van der Waals surface area contributed by atoms with Crippen molar-refractivity contribution in [2.45, 2.75) is 19.8 Å². The van der Waals surface area contributed by atoms with E-state index in [1.54, 1.807) is 0 Å². The van der Waals surface area contributed by atoms with E-state index in [2.05, 4.69) is 11.8 Å². The highest BCUT2D eigenvalue weighted by atomic mass is 16.2. The maximum absolute atomic E-state index is 11.7. The molecule has 74 valence electrons. The molecular weight excluding hydrogens is 164 g/mol. The van der Waals surface area contributed by atoms with Crippen LogP contribution in [0.4, 0.5) is 0 Å². The molecule has 2 aliphatic rings. The van der Waals surface area contributed by atoms with Crippen molar-refractivity contribution in [1.29, 1.82) is 0 Å². The highest BCUT2D eigenvalue weighted by Gasteiger charge is 2.25. The van der Waals surface area contributed by atoms with Gasteiger partial charge in [-0.3, -0.25) is 9.69 Å². The Morgan fingerprint density at radius 3 is 2.62 bits per heavy atom. The molecular formula is C10H18N2O. The van der Waals surface area contributed by atoms with E-state index >= 15 is 0 Å². The van der Waals surface area contributed by atoms with Gasteiger partial charge in [0, 0.05) is 13.1 Å². The van der Waals surface area contributed by atoms with E-state index in [9.17, 15) is 4.79 Å². The Morgan fingerprint density at radius 1 is 1.38 bits per heavy atom. The van der Waals surface area contributed by atoms with Gasteiger partial charge in [-0.25, -0.2) is 0 Å². The van der Waals surface area contributed by atoms with Crippen LogP contribution in [0.3, 0.4) is 0 Å². The first-order valence-electron chi connectivity index (χ1n) is 5.26. The molecule has 2 saturated heterocycles. The van der Waals surface area contributed by atoms with Crippen molar-refractivity contribution in [1.82, 2.24) is 9.80 Å². The monoisotopic (exact) mass is 182 g/mol. The van der Waals surface area contributed by atoms with Gasteiger partial charge in [0.25, 0.3) is 0 Å². The van der Waals surface area contributed by atoms with Crippen LogP contribution in [0, 0.1) is 5.92 Å². The Morgan fingerprint density at radius 2 is 2.15 bits per heavy atom. The Hall–Kier alpha value is -0.570. The first-order chi connectivity index (χ1) is 6.25. The molecule has 0 saturated carbocycles. The fraction of sp³-hybridized carbons (Fsp3) is 0.900. The molecule has 0 bridgehead atoms. The van der Waals surface area contributed by atoms with Crippen LogP contribution in [-0.4, -0.2) is 48.4 Å². The zero-order valence-electron chi connectivity index (χ0n) is 8.33. The summed E-state index contributed by atoms with van der Waals surface area (Å²) in [6, 6.07) is 0. The number of amides is 1. The number of likely N-dealkylation sites (tertiary alicyclic amines) is 2. The van der Waals surface area contributed by atoms with E-state index in [0.717, 1.165) is 26.2 Å². The van der Waals surface area contributed by atoms with Crippen LogP contribution >= 0.6 is 0 Å². The minimum atomic E-state index is 0.337. The summed E-state index contributed by atoms with van der Waals surface area (Å²) < 4.78 is 0. The van der Waals surface area contributed by atoms with E-state index in [0.29, 0.717) is 18.4 Å². The molecule has 3 heteroatoms. The summed E-state index contributed by atoms with van der Waals surface area (Å²) in [4.78, 5) is 15.9. The summed E-state index contributed by atoms with van der Waals surface area (Å²) in [6.07, 6.45) is 2.45. The molecule has 0 aromatic carbocycles. The molecule has 0 radical (unpaired) electrons. The maximum Gasteiger partial charge on any atom is 0.236 e. The van der Waals surface area contributed by atoms with Gasteiger partial charge in [-0.1, -0.05) is 6.92 Å². The molecule has 13 heavy (non-hydrogen) atoms. The highest BCUT2D eigenvalue weighted by Crippen LogP contribution is 2.16. The lowest BCUT2D eigenvalue weighted by atomic mass is 10.2. The van der Waals surface area contributed by atoms with E-state index in [4.69, 9.17) is 0 Å². The van der Waals surface area contributed by atoms with Crippen molar-refractivity contribution in [2.75, 3.05) is 32.7 Å². The van der Waals surface area contributed by atoms with Crippen molar-refractivity contribution in [3.05, 3.63) is 0 Å². The fourth-order valence-electron chi connectivity index (χ4n) is 1.99. The summed E-state index contributed by atoms with van der Waals surface area (Å²) >= 11 is 0. The smallest absolute Gasteiger partial charge is 0.236 e. The standard InChI is InChI=1S/C10H18N2O/c1-9-3-6-12(7-9)10(13)8-11-4-2-5-11/h9H,2-8H2,1H3. The number of carbonyl (C=O) groups is 1. The minimum absolute atomic E-state index is 0.337. The average molecular weight is 182 g/mol. The molecule has 2 fully saturated rings. The topological polar surface area (TPSA) is 23.6 Å². The van der Waals surface area contributed by atoms with Crippen molar-refractivity contribution in [3.8, 4) is 0 Å². The molecule has 1 unspecified atom stereocenters.